The number of rotatable bonds is 9. The summed E-state index contributed by atoms with van der Waals surface area (Å²) < 4.78 is 10.2. The summed E-state index contributed by atoms with van der Waals surface area (Å²) in [5.41, 5.74) is 6.83. The molecule has 2 aromatic heterocycles. The quantitative estimate of drug-likeness (QED) is 0.113. The van der Waals surface area contributed by atoms with Crippen molar-refractivity contribution >= 4 is 64.1 Å². The maximum atomic E-state index is 5.93. The summed E-state index contributed by atoms with van der Waals surface area (Å²) in [5.74, 6) is 3.95. The van der Waals surface area contributed by atoms with E-state index in [1.165, 1.54) is 30.4 Å². The highest BCUT2D eigenvalue weighted by atomic mass is 35.5. The number of benzene rings is 2. The fourth-order valence-corrected chi connectivity index (χ4v) is 5.15. The van der Waals surface area contributed by atoms with Crippen molar-refractivity contribution in [2.75, 3.05) is 33.6 Å². The summed E-state index contributed by atoms with van der Waals surface area (Å²) in [6.45, 7) is 0. The topological polar surface area (TPSA) is 108 Å². The van der Waals surface area contributed by atoms with Crippen LogP contribution in [0.25, 0.3) is 0 Å². The van der Waals surface area contributed by atoms with Gasteiger partial charge in [-0.05, 0) is 42.4 Å². The smallest absolute Gasteiger partial charge is 0.191 e. The molecular weight excluding hydrogens is 599 g/mol. The summed E-state index contributed by atoms with van der Waals surface area (Å²) in [7, 11) is 6.60. The first-order chi connectivity index (χ1) is 18.9. The third-order valence-corrected chi connectivity index (χ3v) is 7.05. The van der Waals surface area contributed by atoms with Crippen LogP contribution < -0.4 is 20.5 Å². The predicted molar refractivity (Wildman–Crippen MR) is 164 cm³/mol. The van der Waals surface area contributed by atoms with E-state index in [1.807, 2.05) is 48.5 Å². The minimum Gasteiger partial charge on any atom is -0.497 e. The average molecular weight is 628 g/mol. The van der Waals surface area contributed by atoms with E-state index >= 15 is 0 Å². The Kier molecular flexibility index (Phi) is 15.1. The minimum atomic E-state index is 0.354. The lowest BCUT2D eigenvalue weighted by atomic mass is 10.2. The minimum absolute atomic E-state index is 0.354. The molecule has 2 aromatic carbocycles. The van der Waals surface area contributed by atoms with Gasteiger partial charge in [-0.25, -0.2) is 19.9 Å². The molecule has 0 fully saturated rings. The normalized spacial score (nSPS) is 9.95. The van der Waals surface area contributed by atoms with Crippen molar-refractivity contribution in [1.82, 2.24) is 19.9 Å². The molecule has 0 radical (unpaired) electrons. The molecule has 0 bridgehead atoms. The zero-order valence-corrected chi connectivity index (χ0v) is 25.7. The molecule has 3 N–H and O–H groups in total. The molecule has 0 aliphatic heterocycles. The lowest BCUT2D eigenvalue weighted by molar-refractivity contribution is 0.414. The molecular formula is C26H29Cl3N6O2S2. The molecule has 0 spiro atoms. The molecule has 0 amide bonds. The van der Waals surface area contributed by atoms with E-state index in [9.17, 15) is 0 Å². The van der Waals surface area contributed by atoms with Crippen molar-refractivity contribution in [3.8, 4) is 11.5 Å². The molecule has 0 saturated carbocycles. The lowest BCUT2D eigenvalue weighted by Crippen LogP contribution is -1.96. The lowest BCUT2D eigenvalue weighted by Gasteiger charge is -2.05. The average Bonchev–Trinajstić information content (AvgIpc) is 2.96. The Bertz CT molecular complexity index is 1270. The van der Waals surface area contributed by atoms with Crippen LogP contribution in [-0.4, -0.2) is 48.3 Å². The first-order valence-electron chi connectivity index (χ1n) is 11.4. The van der Waals surface area contributed by atoms with Crippen LogP contribution in [0.3, 0.4) is 0 Å². The zero-order valence-electron chi connectivity index (χ0n) is 21.8. The highest BCUT2D eigenvalue weighted by molar-refractivity contribution is 7.98. The van der Waals surface area contributed by atoms with Gasteiger partial charge in [0.15, 0.2) is 10.3 Å². The number of halogens is 3. The fraction of sp³-hybridized carbons (Fsp3) is 0.231. The first kappa shape index (κ1) is 32.7. The number of anilines is 1. The molecule has 2 heterocycles. The van der Waals surface area contributed by atoms with Crippen LogP contribution in [0.5, 0.6) is 11.5 Å². The first-order valence-corrected chi connectivity index (χ1v) is 14.5. The van der Waals surface area contributed by atoms with Crippen LogP contribution >= 0.6 is 58.3 Å². The number of hydrogen-bond acceptors (Lipinski definition) is 10. The monoisotopic (exact) mass is 626 g/mol. The molecule has 8 nitrogen and oxygen atoms in total. The van der Waals surface area contributed by atoms with Gasteiger partial charge in [-0.2, -0.15) is 0 Å². The summed E-state index contributed by atoms with van der Waals surface area (Å²) in [6, 6.07) is 19.0. The Hall–Kier alpha value is -2.47. The molecule has 0 aliphatic rings. The standard InChI is InChI=1S/C13H14ClN3OS.C12H10Cl2N2OS.CH5N/c1-15-12-7-11(14)16-13(17-12)19-8-9-3-5-10(18-2)6-4-9;1-17-9-4-2-8(3-5-9)7-18-12-15-10(13)6-11(14)16-12;1-2/h3-7H,8H2,1-2H3,(H,15,16,17);2-6H,7H2,1H3;2H2,1H3. The SMILES string of the molecule is CN.CNc1cc(Cl)nc(SCc2ccc(OC)cc2)n1.COc1ccc(CSc2nc(Cl)cc(Cl)n2)cc1. The summed E-state index contributed by atoms with van der Waals surface area (Å²) in [4.78, 5) is 16.7. The Morgan fingerprint density at radius 3 is 1.44 bits per heavy atom. The zero-order chi connectivity index (χ0) is 28.6. The Morgan fingerprint density at radius 2 is 1.05 bits per heavy atom. The summed E-state index contributed by atoms with van der Waals surface area (Å²) >= 11 is 20.6. The van der Waals surface area contributed by atoms with Gasteiger partial charge in [0, 0.05) is 30.7 Å². The van der Waals surface area contributed by atoms with E-state index in [2.05, 4.69) is 31.0 Å². The predicted octanol–water partition coefficient (Wildman–Crippen LogP) is 7.13. The van der Waals surface area contributed by atoms with Crippen molar-refractivity contribution in [1.29, 1.82) is 0 Å². The molecule has 13 heteroatoms. The van der Waals surface area contributed by atoms with Crippen LogP contribution in [0.1, 0.15) is 11.1 Å². The number of methoxy groups -OCH3 is 2. The Labute approximate surface area is 252 Å². The van der Waals surface area contributed by atoms with Crippen LogP contribution in [0.15, 0.2) is 71.0 Å². The number of nitrogens with two attached hydrogens (primary N) is 1. The van der Waals surface area contributed by atoms with Gasteiger partial charge < -0.3 is 20.5 Å². The van der Waals surface area contributed by atoms with Crippen molar-refractivity contribution in [2.24, 2.45) is 5.73 Å². The number of nitrogens with one attached hydrogen (secondary N) is 1. The van der Waals surface area contributed by atoms with E-state index in [0.717, 1.165) is 34.4 Å². The molecule has 39 heavy (non-hydrogen) atoms. The fourth-order valence-electron chi connectivity index (χ4n) is 2.76. The van der Waals surface area contributed by atoms with E-state index in [1.54, 1.807) is 39.1 Å². The highest BCUT2D eigenvalue weighted by Crippen LogP contribution is 2.25. The van der Waals surface area contributed by atoms with Gasteiger partial charge in [-0.15, -0.1) is 0 Å². The van der Waals surface area contributed by atoms with Crippen LogP contribution in [0, 0.1) is 0 Å². The second-order valence-electron chi connectivity index (χ2n) is 7.18. The number of nitrogens with zero attached hydrogens (tertiary/aromatic N) is 4. The van der Waals surface area contributed by atoms with Gasteiger partial charge >= 0.3 is 0 Å². The maximum Gasteiger partial charge on any atom is 0.191 e. The van der Waals surface area contributed by atoms with Gasteiger partial charge in [-0.1, -0.05) is 82.6 Å². The molecule has 4 aromatic rings. The third-order valence-electron chi connectivity index (χ3n) is 4.63. The van der Waals surface area contributed by atoms with Crippen molar-refractivity contribution < 1.29 is 9.47 Å². The van der Waals surface area contributed by atoms with Gasteiger partial charge in [0.25, 0.3) is 0 Å². The summed E-state index contributed by atoms with van der Waals surface area (Å²) in [6.07, 6.45) is 0. The maximum absolute atomic E-state index is 5.93. The second-order valence-corrected chi connectivity index (χ2v) is 10.2. The molecule has 0 aliphatic carbocycles. The van der Waals surface area contributed by atoms with Crippen LogP contribution in [-0.2, 0) is 11.5 Å². The van der Waals surface area contributed by atoms with E-state index in [0.29, 0.717) is 25.8 Å². The van der Waals surface area contributed by atoms with E-state index in [-0.39, 0.29) is 0 Å². The highest BCUT2D eigenvalue weighted by Gasteiger charge is 2.05. The number of ether oxygens (including phenoxy) is 2. The molecule has 4 rings (SSSR count). The third kappa shape index (κ3) is 12.1. The van der Waals surface area contributed by atoms with Gasteiger partial charge in [-0.3, -0.25) is 0 Å². The Balaban J connectivity index is 0.000000258. The van der Waals surface area contributed by atoms with Crippen molar-refractivity contribution in [3.63, 3.8) is 0 Å². The van der Waals surface area contributed by atoms with Crippen LogP contribution in [0.2, 0.25) is 15.5 Å². The number of thioether (sulfide) groups is 2. The van der Waals surface area contributed by atoms with E-state index < -0.39 is 0 Å². The summed E-state index contributed by atoms with van der Waals surface area (Å²) in [5, 5.41) is 5.34. The second kappa shape index (κ2) is 18.0. The van der Waals surface area contributed by atoms with Gasteiger partial charge in [0.1, 0.15) is 32.8 Å². The Morgan fingerprint density at radius 1 is 0.667 bits per heavy atom. The van der Waals surface area contributed by atoms with Gasteiger partial charge in [0.2, 0.25) is 0 Å². The molecule has 208 valence electrons. The number of aromatic nitrogens is 4. The van der Waals surface area contributed by atoms with E-state index in [4.69, 9.17) is 44.3 Å². The number of hydrogen-bond donors (Lipinski definition) is 2. The van der Waals surface area contributed by atoms with Crippen LogP contribution in [0.4, 0.5) is 5.82 Å². The van der Waals surface area contributed by atoms with Crippen molar-refractivity contribution in [2.45, 2.75) is 21.8 Å². The van der Waals surface area contributed by atoms with Gasteiger partial charge in [0.05, 0.1) is 14.2 Å². The molecule has 0 saturated heterocycles. The largest absolute Gasteiger partial charge is 0.497 e. The van der Waals surface area contributed by atoms with Crippen molar-refractivity contribution in [3.05, 3.63) is 87.2 Å². The molecule has 0 atom stereocenters. The molecule has 0 unspecified atom stereocenters.